The smallest absolute Gasteiger partial charge is 0.327 e. The molecule has 0 aromatic heterocycles. The number of hydrogen-bond donors (Lipinski definition) is 2. The van der Waals surface area contributed by atoms with Gasteiger partial charge in [0.15, 0.2) is 0 Å². The number of likely N-dealkylation sites (tertiary alicyclic amines) is 1. The van der Waals surface area contributed by atoms with Crippen LogP contribution in [0.15, 0.2) is 0 Å². The highest BCUT2D eigenvalue weighted by Gasteiger charge is 2.34. The predicted octanol–water partition coefficient (Wildman–Crippen LogP) is 0.538. The maximum Gasteiger partial charge on any atom is 0.327 e. The maximum atomic E-state index is 12.3. The number of carboxylic acid groups (broad SMARTS) is 1. The van der Waals surface area contributed by atoms with Gasteiger partial charge >= 0.3 is 12.0 Å². The lowest BCUT2D eigenvalue weighted by molar-refractivity contribution is -0.141. The van der Waals surface area contributed by atoms with Gasteiger partial charge in [-0.1, -0.05) is 6.92 Å². The molecule has 3 atom stereocenters. The van der Waals surface area contributed by atoms with E-state index in [2.05, 4.69) is 24.2 Å². The number of nitrogens with one attached hydrogen (secondary N) is 1. The van der Waals surface area contributed by atoms with Gasteiger partial charge in [0.05, 0.1) is 0 Å². The van der Waals surface area contributed by atoms with E-state index < -0.39 is 12.0 Å². The third kappa shape index (κ3) is 3.58. The number of carbonyl (C=O) groups excluding carboxylic acids is 1. The van der Waals surface area contributed by atoms with Crippen LogP contribution in [-0.2, 0) is 4.79 Å². The predicted molar refractivity (Wildman–Crippen MR) is 79.1 cm³/mol. The van der Waals surface area contributed by atoms with Crippen LogP contribution in [0.4, 0.5) is 4.79 Å². The van der Waals surface area contributed by atoms with Crippen molar-refractivity contribution in [2.45, 2.75) is 25.4 Å². The van der Waals surface area contributed by atoms with Gasteiger partial charge in [-0.15, -0.1) is 0 Å². The van der Waals surface area contributed by atoms with E-state index in [0.29, 0.717) is 18.2 Å². The Balaban J connectivity index is 1.94. The van der Waals surface area contributed by atoms with Crippen LogP contribution < -0.4 is 5.32 Å². The number of urea groups is 1. The molecule has 3 unspecified atom stereocenters. The van der Waals surface area contributed by atoms with Crippen molar-refractivity contribution in [2.24, 2.45) is 5.92 Å². The Bertz CT molecular complexity index is 380. The highest BCUT2D eigenvalue weighted by atomic mass is 32.2. The number of thioether (sulfide) groups is 1. The Morgan fingerprint density at radius 2 is 2.10 bits per heavy atom. The minimum Gasteiger partial charge on any atom is -0.480 e. The van der Waals surface area contributed by atoms with Gasteiger partial charge in [-0.2, -0.15) is 11.8 Å². The zero-order valence-electron chi connectivity index (χ0n) is 12.0. The van der Waals surface area contributed by atoms with E-state index in [-0.39, 0.29) is 12.1 Å². The van der Waals surface area contributed by atoms with Crippen molar-refractivity contribution in [3.8, 4) is 0 Å². The van der Waals surface area contributed by atoms with Gasteiger partial charge in [-0.3, -0.25) is 0 Å². The molecule has 2 aliphatic rings. The monoisotopic (exact) mass is 301 g/mol. The minimum absolute atomic E-state index is 0.141. The molecular formula is C13H23N3O3S. The number of aliphatic carboxylic acids is 1. The standard InChI is InChI=1S/C13H23N3O3S/c1-9-7-15(2)4-3-10(9)14-13(19)16-5-6-20-8-11(16)12(17)18/h9-11H,3-8H2,1-2H3,(H,14,19)(H,17,18). The Morgan fingerprint density at radius 3 is 2.75 bits per heavy atom. The van der Waals surface area contributed by atoms with Crippen molar-refractivity contribution < 1.29 is 14.7 Å². The summed E-state index contributed by atoms with van der Waals surface area (Å²) in [6.45, 7) is 4.56. The minimum atomic E-state index is -0.913. The van der Waals surface area contributed by atoms with Gasteiger partial charge in [0.25, 0.3) is 0 Å². The van der Waals surface area contributed by atoms with Gasteiger partial charge < -0.3 is 20.2 Å². The second-order valence-electron chi connectivity index (χ2n) is 5.71. The lowest BCUT2D eigenvalue weighted by Crippen LogP contribution is -2.58. The summed E-state index contributed by atoms with van der Waals surface area (Å²) in [5.41, 5.74) is 0. The molecule has 0 saturated carbocycles. The van der Waals surface area contributed by atoms with Crippen molar-refractivity contribution in [1.29, 1.82) is 0 Å². The molecule has 2 aliphatic heterocycles. The van der Waals surface area contributed by atoms with Crippen molar-refractivity contribution in [2.75, 3.05) is 38.2 Å². The van der Waals surface area contributed by atoms with Crippen molar-refractivity contribution >= 4 is 23.8 Å². The highest BCUT2D eigenvalue weighted by Crippen LogP contribution is 2.19. The number of nitrogens with zero attached hydrogens (tertiary/aromatic N) is 2. The molecule has 2 rings (SSSR count). The molecule has 7 heteroatoms. The number of piperidine rings is 1. The van der Waals surface area contributed by atoms with Gasteiger partial charge in [0.1, 0.15) is 6.04 Å². The lowest BCUT2D eigenvalue weighted by atomic mass is 9.94. The van der Waals surface area contributed by atoms with E-state index in [1.54, 1.807) is 11.8 Å². The Kier molecular flexibility index (Phi) is 5.15. The van der Waals surface area contributed by atoms with Gasteiger partial charge in [-0.05, 0) is 25.9 Å². The third-order valence-corrected chi connectivity index (χ3v) is 5.11. The summed E-state index contributed by atoms with van der Waals surface area (Å²) in [5, 5.41) is 12.2. The first kappa shape index (κ1) is 15.4. The van der Waals surface area contributed by atoms with Crippen LogP contribution in [0.25, 0.3) is 0 Å². The molecule has 2 fully saturated rings. The second-order valence-corrected chi connectivity index (χ2v) is 6.86. The topological polar surface area (TPSA) is 72.9 Å². The molecule has 2 amide bonds. The number of carboxylic acids is 1. The lowest BCUT2D eigenvalue weighted by Gasteiger charge is -2.38. The number of carbonyl (C=O) groups is 2. The summed E-state index contributed by atoms with van der Waals surface area (Å²) < 4.78 is 0. The molecule has 2 saturated heterocycles. The van der Waals surface area contributed by atoms with E-state index in [9.17, 15) is 14.7 Å². The van der Waals surface area contributed by atoms with Crippen LogP contribution in [0.3, 0.4) is 0 Å². The largest absolute Gasteiger partial charge is 0.480 e. The van der Waals surface area contributed by atoms with Crippen molar-refractivity contribution in [1.82, 2.24) is 15.1 Å². The molecular weight excluding hydrogens is 278 g/mol. The van der Waals surface area contributed by atoms with E-state index in [4.69, 9.17) is 0 Å². The van der Waals surface area contributed by atoms with Crippen LogP contribution in [0.1, 0.15) is 13.3 Å². The van der Waals surface area contributed by atoms with Crippen LogP contribution in [-0.4, -0.2) is 77.2 Å². The number of amides is 2. The molecule has 2 heterocycles. The molecule has 0 spiro atoms. The van der Waals surface area contributed by atoms with E-state index in [1.807, 2.05) is 0 Å². The maximum absolute atomic E-state index is 12.3. The van der Waals surface area contributed by atoms with Gasteiger partial charge in [-0.25, -0.2) is 9.59 Å². The van der Waals surface area contributed by atoms with Crippen LogP contribution in [0.5, 0.6) is 0 Å². The molecule has 0 aliphatic carbocycles. The van der Waals surface area contributed by atoms with Crippen molar-refractivity contribution in [3.63, 3.8) is 0 Å². The molecule has 2 N–H and O–H groups in total. The normalized spacial score (nSPS) is 31.9. The first-order valence-corrected chi connectivity index (χ1v) is 8.20. The molecule has 114 valence electrons. The van der Waals surface area contributed by atoms with Crippen LogP contribution >= 0.6 is 11.8 Å². The SMILES string of the molecule is CC1CN(C)CCC1NC(=O)N1CCSCC1C(=O)O. The summed E-state index contributed by atoms with van der Waals surface area (Å²) in [6.07, 6.45) is 0.920. The molecule has 20 heavy (non-hydrogen) atoms. The van der Waals surface area contributed by atoms with E-state index in [1.165, 1.54) is 4.90 Å². The molecule has 0 bridgehead atoms. The third-order valence-electron chi connectivity index (χ3n) is 4.09. The molecule has 0 radical (unpaired) electrons. The average Bonchev–Trinajstić information content (AvgIpc) is 2.41. The second kappa shape index (κ2) is 6.67. The summed E-state index contributed by atoms with van der Waals surface area (Å²) in [4.78, 5) is 27.3. The summed E-state index contributed by atoms with van der Waals surface area (Å²) in [6, 6.07) is -0.780. The summed E-state index contributed by atoms with van der Waals surface area (Å²) in [7, 11) is 2.08. The molecule has 0 aromatic rings. The van der Waals surface area contributed by atoms with E-state index in [0.717, 1.165) is 25.3 Å². The van der Waals surface area contributed by atoms with Crippen molar-refractivity contribution in [3.05, 3.63) is 0 Å². The number of hydrogen-bond acceptors (Lipinski definition) is 4. The van der Waals surface area contributed by atoms with Crippen LogP contribution in [0.2, 0.25) is 0 Å². The van der Waals surface area contributed by atoms with Gasteiger partial charge in [0, 0.05) is 30.6 Å². The average molecular weight is 301 g/mol. The Labute approximate surface area is 123 Å². The van der Waals surface area contributed by atoms with Crippen LogP contribution in [0, 0.1) is 5.92 Å². The number of rotatable bonds is 2. The molecule has 6 nitrogen and oxygen atoms in total. The molecule has 0 aromatic carbocycles. The fourth-order valence-electron chi connectivity index (χ4n) is 2.86. The first-order valence-electron chi connectivity index (χ1n) is 7.05. The fraction of sp³-hybridized carbons (Fsp3) is 0.846. The zero-order chi connectivity index (χ0) is 14.7. The van der Waals surface area contributed by atoms with E-state index >= 15 is 0 Å². The summed E-state index contributed by atoms with van der Waals surface area (Å²) >= 11 is 1.59. The van der Waals surface area contributed by atoms with Gasteiger partial charge in [0.2, 0.25) is 0 Å². The fourth-order valence-corrected chi connectivity index (χ4v) is 3.90. The Hall–Kier alpha value is -0.950. The summed E-state index contributed by atoms with van der Waals surface area (Å²) in [5.74, 6) is 0.759. The zero-order valence-corrected chi connectivity index (χ0v) is 12.9. The first-order chi connectivity index (χ1) is 9.49. The highest BCUT2D eigenvalue weighted by molar-refractivity contribution is 7.99. The quantitative estimate of drug-likeness (QED) is 0.779. The Morgan fingerprint density at radius 1 is 1.35 bits per heavy atom.